The molecule has 0 saturated heterocycles. The van der Waals surface area contributed by atoms with Crippen LogP contribution in [-0.4, -0.2) is 12.8 Å². The van der Waals surface area contributed by atoms with Crippen molar-refractivity contribution < 1.29 is 0 Å². The molecule has 2 heteroatoms. The summed E-state index contributed by atoms with van der Waals surface area (Å²) in [5.41, 5.74) is 5.60. The second kappa shape index (κ2) is 7.38. The first-order valence-corrected chi connectivity index (χ1v) is 8.50. The number of benzene rings is 1. The SMILES string of the molecule is C=CCSc1c(C(=C)C=C)ccc2c1C(C=C)C=C(C=C)N2C. The molecular formula is C21H23NS. The van der Waals surface area contributed by atoms with Crippen LogP contribution in [-0.2, 0) is 0 Å². The standard InChI is InChI=1S/C21H23NS/c1-7-13-23-21-18(15(5)8-2)11-12-19-20(21)16(9-3)14-17(10-4)22(19)6/h7-12,14,16H,1-5,13H2,6H3. The van der Waals surface area contributed by atoms with Crippen LogP contribution in [0.4, 0.5) is 5.69 Å². The Morgan fingerprint density at radius 1 is 1.26 bits per heavy atom. The summed E-state index contributed by atoms with van der Waals surface area (Å²) in [6.07, 6.45) is 9.78. The normalized spacial score (nSPS) is 16.1. The van der Waals surface area contributed by atoms with E-state index in [0.717, 1.165) is 22.6 Å². The van der Waals surface area contributed by atoms with Crippen molar-refractivity contribution in [2.45, 2.75) is 10.8 Å². The van der Waals surface area contributed by atoms with Crippen molar-refractivity contribution in [3.05, 3.63) is 92.2 Å². The fourth-order valence-corrected chi connectivity index (χ4v) is 3.81. The minimum absolute atomic E-state index is 0.152. The molecule has 1 atom stereocenters. The van der Waals surface area contributed by atoms with Gasteiger partial charge in [0.2, 0.25) is 0 Å². The minimum atomic E-state index is 0.152. The van der Waals surface area contributed by atoms with Gasteiger partial charge in [0, 0.05) is 40.6 Å². The molecule has 0 bridgehead atoms. The van der Waals surface area contributed by atoms with E-state index in [2.05, 4.69) is 63.1 Å². The molecule has 0 radical (unpaired) electrons. The minimum Gasteiger partial charge on any atom is -0.345 e. The van der Waals surface area contributed by atoms with Gasteiger partial charge in [-0.1, -0.05) is 44.0 Å². The topological polar surface area (TPSA) is 3.24 Å². The van der Waals surface area contributed by atoms with Gasteiger partial charge >= 0.3 is 0 Å². The predicted molar refractivity (Wildman–Crippen MR) is 106 cm³/mol. The molecule has 0 saturated carbocycles. The average molecular weight is 321 g/mol. The maximum atomic E-state index is 4.13. The van der Waals surface area contributed by atoms with Crippen LogP contribution in [0, 0.1) is 0 Å². The first kappa shape index (κ1) is 17.2. The number of likely N-dealkylation sites (N-methyl/N-ethyl adjacent to an activating group) is 1. The Kier molecular flexibility index (Phi) is 5.51. The van der Waals surface area contributed by atoms with Crippen LogP contribution < -0.4 is 4.90 Å². The zero-order valence-corrected chi connectivity index (χ0v) is 14.5. The summed E-state index contributed by atoms with van der Waals surface area (Å²) < 4.78 is 0. The maximum Gasteiger partial charge on any atom is 0.0461 e. The number of nitrogens with zero attached hydrogens (tertiary/aromatic N) is 1. The Morgan fingerprint density at radius 3 is 2.57 bits per heavy atom. The lowest BCUT2D eigenvalue weighted by atomic mass is 9.89. The van der Waals surface area contributed by atoms with Crippen molar-refractivity contribution in [2.75, 3.05) is 17.7 Å². The lowest BCUT2D eigenvalue weighted by Crippen LogP contribution is -2.22. The Morgan fingerprint density at radius 2 is 2.00 bits per heavy atom. The number of hydrogen-bond donors (Lipinski definition) is 0. The first-order chi connectivity index (χ1) is 11.1. The van der Waals surface area contributed by atoms with Crippen molar-refractivity contribution in [1.82, 2.24) is 0 Å². The monoisotopic (exact) mass is 321 g/mol. The molecule has 1 unspecified atom stereocenters. The highest BCUT2D eigenvalue weighted by molar-refractivity contribution is 7.99. The van der Waals surface area contributed by atoms with Gasteiger partial charge < -0.3 is 4.90 Å². The Balaban J connectivity index is 2.73. The van der Waals surface area contributed by atoms with E-state index in [1.165, 1.54) is 16.1 Å². The molecule has 23 heavy (non-hydrogen) atoms. The quantitative estimate of drug-likeness (QED) is 0.346. The number of fused-ring (bicyclic) bond motifs is 1. The molecule has 0 amide bonds. The van der Waals surface area contributed by atoms with E-state index in [-0.39, 0.29) is 5.92 Å². The molecule has 118 valence electrons. The van der Waals surface area contributed by atoms with Gasteiger partial charge in [-0.3, -0.25) is 0 Å². The van der Waals surface area contributed by atoms with Gasteiger partial charge in [-0.15, -0.1) is 24.9 Å². The number of thioether (sulfide) groups is 1. The molecule has 0 fully saturated rings. The van der Waals surface area contributed by atoms with Crippen molar-refractivity contribution in [3.8, 4) is 0 Å². The van der Waals surface area contributed by atoms with E-state index in [4.69, 9.17) is 0 Å². The van der Waals surface area contributed by atoms with E-state index in [1.807, 2.05) is 18.2 Å². The van der Waals surface area contributed by atoms with E-state index in [0.29, 0.717) is 0 Å². The molecule has 0 spiro atoms. The van der Waals surface area contributed by atoms with Gasteiger partial charge in [0.25, 0.3) is 0 Å². The van der Waals surface area contributed by atoms with Crippen LogP contribution in [0.3, 0.4) is 0 Å². The van der Waals surface area contributed by atoms with E-state index < -0.39 is 0 Å². The number of hydrogen-bond acceptors (Lipinski definition) is 2. The second-order valence-corrected chi connectivity index (χ2v) is 6.35. The molecule has 0 N–H and O–H groups in total. The summed E-state index contributed by atoms with van der Waals surface area (Å²) in [5, 5.41) is 0. The van der Waals surface area contributed by atoms with Gasteiger partial charge in [0.1, 0.15) is 0 Å². The molecule has 0 aliphatic carbocycles. The van der Waals surface area contributed by atoms with Crippen LogP contribution in [0.25, 0.3) is 5.57 Å². The Labute approximate surface area is 144 Å². The third kappa shape index (κ3) is 3.13. The van der Waals surface area contributed by atoms with Crippen LogP contribution in [0.1, 0.15) is 17.0 Å². The summed E-state index contributed by atoms with van der Waals surface area (Å²) in [5.74, 6) is 0.999. The third-order valence-corrected chi connectivity index (χ3v) is 5.14. The number of allylic oxidation sites excluding steroid dienone is 5. The summed E-state index contributed by atoms with van der Waals surface area (Å²) in [7, 11) is 2.07. The molecule has 1 aromatic rings. The Hall–Kier alpha value is -2.19. The van der Waals surface area contributed by atoms with Gasteiger partial charge in [-0.2, -0.15) is 0 Å². The fraction of sp³-hybridized carbons (Fsp3) is 0.143. The second-order valence-electron chi connectivity index (χ2n) is 5.32. The number of anilines is 1. The molecule has 2 rings (SSSR count). The van der Waals surface area contributed by atoms with Crippen molar-refractivity contribution in [2.24, 2.45) is 0 Å². The summed E-state index contributed by atoms with van der Waals surface area (Å²) in [6.45, 7) is 19.8. The molecule has 1 aliphatic rings. The molecule has 1 aliphatic heterocycles. The molecule has 0 aromatic heterocycles. The number of rotatable bonds is 7. The van der Waals surface area contributed by atoms with Gasteiger partial charge in [0.05, 0.1) is 0 Å². The first-order valence-electron chi connectivity index (χ1n) is 7.51. The Bertz CT molecular complexity index is 709. The average Bonchev–Trinajstić information content (AvgIpc) is 2.59. The predicted octanol–water partition coefficient (Wildman–Crippen LogP) is 5.95. The highest BCUT2D eigenvalue weighted by atomic mass is 32.2. The lowest BCUT2D eigenvalue weighted by molar-refractivity contribution is 0.939. The molecule has 1 heterocycles. The highest BCUT2D eigenvalue weighted by Crippen LogP contribution is 2.45. The highest BCUT2D eigenvalue weighted by Gasteiger charge is 2.26. The summed E-state index contributed by atoms with van der Waals surface area (Å²) in [6, 6.07) is 4.27. The molecular weight excluding hydrogens is 298 g/mol. The lowest BCUT2D eigenvalue weighted by Gasteiger charge is -2.33. The van der Waals surface area contributed by atoms with Crippen LogP contribution in [0.15, 0.2) is 86.0 Å². The smallest absolute Gasteiger partial charge is 0.0461 e. The largest absolute Gasteiger partial charge is 0.345 e. The van der Waals surface area contributed by atoms with E-state index in [1.54, 1.807) is 17.8 Å². The summed E-state index contributed by atoms with van der Waals surface area (Å²) >= 11 is 1.78. The van der Waals surface area contributed by atoms with Gasteiger partial charge in [-0.05, 0) is 29.4 Å². The zero-order chi connectivity index (χ0) is 17.0. The van der Waals surface area contributed by atoms with Crippen molar-refractivity contribution in [3.63, 3.8) is 0 Å². The van der Waals surface area contributed by atoms with Crippen molar-refractivity contribution >= 4 is 23.0 Å². The van der Waals surface area contributed by atoms with Gasteiger partial charge in [0.15, 0.2) is 0 Å². The van der Waals surface area contributed by atoms with E-state index in [9.17, 15) is 0 Å². The fourth-order valence-electron chi connectivity index (χ4n) is 2.77. The van der Waals surface area contributed by atoms with E-state index >= 15 is 0 Å². The van der Waals surface area contributed by atoms with Crippen LogP contribution in [0.5, 0.6) is 0 Å². The van der Waals surface area contributed by atoms with Gasteiger partial charge in [-0.25, -0.2) is 0 Å². The van der Waals surface area contributed by atoms with Crippen LogP contribution >= 0.6 is 11.8 Å². The van der Waals surface area contributed by atoms with Crippen LogP contribution in [0.2, 0.25) is 0 Å². The molecule has 1 nitrogen and oxygen atoms in total. The molecule has 1 aromatic carbocycles. The maximum absolute atomic E-state index is 4.13. The zero-order valence-electron chi connectivity index (χ0n) is 13.7. The third-order valence-electron chi connectivity index (χ3n) is 4.01. The summed E-state index contributed by atoms with van der Waals surface area (Å²) in [4.78, 5) is 3.39. The van der Waals surface area contributed by atoms with Crippen molar-refractivity contribution in [1.29, 1.82) is 0 Å².